The van der Waals surface area contributed by atoms with Crippen LogP contribution in [-0.2, 0) is 6.54 Å². The number of phenols is 1. The van der Waals surface area contributed by atoms with E-state index in [0.29, 0.717) is 12.4 Å². The molecule has 0 spiro atoms. The third-order valence-corrected chi connectivity index (χ3v) is 6.49. The SMILES string of the molecule is Cc1ccc(CN(CCCOc2ccc(C(N)=O)cc2O)CC(c2ccccc2)c2ccccc2)cc1. The maximum Gasteiger partial charge on any atom is 0.248 e. The summed E-state index contributed by atoms with van der Waals surface area (Å²) in [5.74, 6) is -0.0818. The van der Waals surface area contributed by atoms with Gasteiger partial charge in [-0.2, -0.15) is 0 Å². The van der Waals surface area contributed by atoms with Gasteiger partial charge >= 0.3 is 0 Å². The van der Waals surface area contributed by atoms with Gasteiger partial charge < -0.3 is 15.6 Å². The second-order valence-corrected chi connectivity index (χ2v) is 9.34. The van der Waals surface area contributed by atoms with E-state index in [2.05, 4.69) is 96.8 Å². The molecular weight excluding hydrogens is 460 g/mol. The summed E-state index contributed by atoms with van der Waals surface area (Å²) in [6, 6.07) is 34.5. The summed E-state index contributed by atoms with van der Waals surface area (Å²) in [7, 11) is 0. The summed E-state index contributed by atoms with van der Waals surface area (Å²) >= 11 is 0. The minimum Gasteiger partial charge on any atom is -0.504 e. The monoisotopic (exact) mass is 494 g/mol. The first-order chi connectivity index (χ1) is 18.0. The molecule has 0 fully saturated rings. The first-order valence-electron chi connectivity index (χ1n) is 12.6. The molecule has 4 rings (SSSR count). The number of hydrogen-bond acceptors (Lipinski definition) is 4. The Bertz CT molecular complexity index is 1240. The Kier molecular flexibility index (Phi) is 8.95. The van der Waals surface area contributed by atoms with Gasteiger partial charge in [0.25, 0.3) is 0 Å². The second kappa shape index (κ2) is 12.7. The van der Waals surface area contributed by atoms with Crippen LogP contribution >= 0.6 is 0 Å². The highest BCUT2D eigenvalue weighted by Crippen LogP contribution is 2.28. The molecule has 4 aromatic rings. The zero-order chi connectivity index (χ0) is 26.0. The van der Waals surface area contributed by atoms with Crippen LogP contribution in [0.5, 0.6) is 11.5 Å². The molecule has 1 amide bonds. The number of nitrogens with two attached hydrogens (primary N) is 1. The highest BCUT2D eigenvalue weighted by molar-refractivity contribution is 5.93. The van der Waals surface area contributed by atoms with Crippen LogP contribution in [0.15, 0.2) is 103 Å². The fourth-order valence-electron chi connectivity index (χ4n) is 4.48. The van der Waals surface area contributed by atoms with Gasteiger partial charge in [-0.3, -0.25) is 9.69 Å². The molecule has 0 bridgehead atoms. The number of carbonyl (C=O) groups is 1. The summed E-state index contributed by atoms with van der Waals surface area (Å²) < 4.78 is 5.83. The van der Waals surface area contributed by atoms with Crippen LogP contribution in [0.3, 0.4) is 0 Å². The molecule has 0 aromatic heterocycles. The van der Waals surface area contributed by atoms with E-state index in [-0.39, 0.29) is 17.2 Å². The lowest BCUT2D eigenvalue weighted by Crippen LogP contribution is -2.30. The molecular formula is C32H34N2O3. The van der Waals surface area contributed by atoms with Crippen LogP contribution in [0.4, 0.5) is 0 Å². The maximum absolute atomic E-state index is 11.3. The number of carbonyl (C=O) groups excluding carboxylic acids is 1. The van der Waals surface area contributed by atoms with E-state index >= 15 is 0 Å². The molecule has 4 aromatic carbocycles. The topological polar surface area (TPSA) is 75.8 Å². The van der Waals surface area contributed by atoms with Crippen molar-refractivity contribution < 1.29 is 14.6 Å². The van der Waals surface area contributed by atoms with Crippen molar-refractivity contribution in [3.8, 4) is 11.5 Å². The van der Waals surface area contributed by atoms with Crippen LogP contribution in [0, 0.1) is 6.92 Å². The number of benzene rings is 4. The molecule has 190 valence electrons. The van der Waals surface area contributed by atoms with Crippen LogP contribution in [0.2, 0.25) is 0 Å². The molecule has 0 aliphatic rings. The minimum absolute atomic E-state index is 0.0824. The van der Waals surface area contributed by atoms with Gasteiger partial charge in [0.05, 0.1) is 6.61 Å². The van der Waals surface area contributed by atoms with Crippen LogP contribution in [0.1, 0.15) is 45.0 Å². The van der Waals surface area contributed by atoms with Crippen molar-refractivity contribution in [2.45, 2.75) is 25.8 Å². The highest BCUT2D eigenvalue weighted by atomic mass is 16.5. The van der Waals surface area contributed by atoms with Gasteiger partial charge in [-0.05, 0) is 48.2 Å². The van der Waals surface area contributed by atoms with Gasteiger partial charge in [0.1, 0.15) is 0 Å². The van der Waals surface area contributed by atoms with E-state index in [1.807, 2.05) is 0 Å². The highest BCUT2D eigenvalue weighted by Gasteiger charge is 2.19. The largest absolute Gasteiger partial charge is 0.504 e. The zero-order valence-electron chi connectivity index (χ0n) is 21.2. The van der Waals surface area contributed by atoms with E-state index in [1.165, 1.54) is 28.3 Å². The van der Waals surface area contributed by atoms with E-state index in [9.17, 15) is 9.90 Å². The van der Waals surface area contributed by atoms with Gasteiger partial charge in [0, 0.05) is 31.1 Å². The standard InChI is InChI=1S/C32H34N2O3/c1-24-13-15-25(16-14-24)22-34(19-8-20-37-31-18-17-28(32(33)36)21-30(31)35)23-29(26-9-4-2-5-10-26)27-11-6-3-7-12-27/h2-7,9-18,21,29,35H,8,19-20,22-23H2,1H3,(H2,33,36). The van der Waals surface area contributed by atoms with E-state index in [0.717, 1.165) is 26.1 Å². The van der Waals surface area contributed by atoms with E-state index < -0.39 is 5.91 Å². The third-order valence-electron chi connectivity index (χ3n) is 6.49. The van der Waals surface area contributed by atoms with Gasteiger partial charge in [-0.25, -0.2) is 0 Å². The Morgan fingerprint density at radius 2 is 1.51 bits per heavy atom. The molecule has 0 heterocycles. The molecule has 0 aliphatic heterocycles. The van der Waals surface area contributed by atoms with Crippen molar-refractivity contribution in [3.05, 3.63) is 131 Å². The van der Waals surface area contributed by atoms with Gasteiger partial charge in [-0.15, -0.1) is 0 Å². The molecule has 37 heavy (non-hydrogen) atoms. The van der Waals surface area contributed by atoms with Crippen molar-refractivity contribution in [1.82, 2.24) is 4.90 Å². The second-order valence-electron chi connectivity index (χ2n) is 9.34. The quantitative estimate of drug-likeness (QED) is 0.240. The van der Waals surface area contributed by atoms with Crippen LogP contribution in [-0.4, -0.2) is 35.6 Å². The molecule has 5 heteroatoms. The Morgan fingerprint density at radius 3 is 2.08 bits per heavy atom. The Morgan fingerprint density at radius 1 is 0.892 bits per heavy atom. The summed E-state index contributed by atoms with van der Waals surface area (Å²) in [4.78, 5) is 13.8. The average Bonchev–Trinajstić information content (AvgIpc) is 2.92. The van der Waals surface area contributed by atoms with Crippen LogP contribution in [0.25, 0.3) is 0 Å². The summed E-state index contributed by atoms with van der Waals surface area (Å²) in [6.45, 7) is 5.06. The van der Waals surface area contributed by atoms with Crippen molar-refractivity contribution in [2.75, 3.05) is 19.7 Å². The van der Waals surface area contributed by atoms with E-state index in [1.54, 1.807) is 12.1 Å². The number of aryl methyl sites for hydroxylation is 1. The fraction of sp³-hybridized carbons (Fsp3) is 0.219. The van der Waals surface area contributed by atoms with Crippen molar-refractivity contribution in [3.63, 3.8) is 0 Å². The molecule has 0 saturated heterocycles. The summed E-state index contributed by atoms with van der Waals surface area (Å²) in [5, 5.41) is 10.2. The average molecular weight is 495 g/mol. The number of amides is 1. The first kappa shape index (κ1) is 26.0. The number of phenolic OH excluding ortho intramolecular Hbond substituents is 1. The Labute approximate surface area is 219 Å². The molecule has 0 radical (unpaired) electrons. The lowest BCUT2D eigenvalue weighted by molar-refractivity contribution is 0.1000. The van der Waals surface area contributed by atoms with Gasteiger partial charge in [-0.1, -0.05) is 90.5 Å². The molecule has 0 unspecified atom stereocenters. The number of primary amides is 1. The first-order valence-corrected chi connectivity index (χ1v) is 12.6. The molecule has 0 saturated carbocycles. The predicted molar refractivity (Wildman–Crippen MR) is 148 cm³/mol. The number of ether oxygens (including phenoxy) is 1. The Hall–Kier alpha value is -4.09. The Balaban J connectivity index is 1.47. The van der Waals surface area contributed by atoms with Gasteiger partial charge in [0.15, 0.2) is 11.5 Å². The molecule has 0 aliphatic carbocycles. The fourth-order valence-corrected chi connectivity index (χ4v) is 4.48. The van der Waals surface area contributed by atoms with Crippen LogP contribution < -0.4 is 10.5 Å². The number of nitrogens with zero attached hydrogens (tertiary/aromatic N) is 1. The van der Waals surface area contributed by atoms with Crippen molar-refractivity contribution >= 4 is 5.91 Å². The predicted octanol–water partition coefficient (Wildman–Crippen LogP) is 5.90. The molecule has 5 nitrogen and oxygen atoms in total. The number of hydrogen-bond donors (Lipinski definition) is 2. The van der Waals surface area contributed by atoms with Crippen molar-refractivity contribution in [1.29, 1.82) is 0 Å². The molecule has 0 atom stereocenters. The van der Waals surface area contributed by atoms with E-state index in [4.69, 9.17) is 10.5 Å². The molecule has 3 N–H and O–H groups in total. The van der Waals surface area contributed by atoms with Crippen molar-refractivity contribution in [2.24, 2.45) is 5.73 Å². The number of rotatable bonds is 12. The normalized spacial score (nSPS) is 11.1. The lowest BCUT2D eigenvalue weighted by atomic mass is 9.90. The zero-order valence-corrected chi connectivity index (χ0v) is 21.2. The summed E-state index contributed by atoms with van der Waals surface area (Å²) in [6.07, 6.45) is 0.777. The lowest BCUT2D eigenvalue weighted by Gasteiger charge is -2.28. The number of aromatic hydroxyl groups is 1. The van der Waals surface area contributed by atoms with Gasteiger partial charge in [0.2, 0.25) is 5.91 Å². The summed E-state index contributed by atoms with van der Waals surface area (Å²) in [5.41, 5.74) is 10.6. The minimum atomic E-state index is -0.583. The third kappa shape index (κ3) is 7.45. The smallest absolute Gasteiger partial charge is 0.248 e. The maximum atomic E-state index is 11.3.